The highest BCUT2D eigenvalue weighted by atomic mass is 16.5. The van der Waals surface area contributed by atoms with Gasteiger partial charge in [0.1, 0.15) is 0 Å². The first-order valence-electron chi connectivity index (χ1n) is 8.09. The molecular weight excluding hydrogens is 254 g/mol. The lowest BCUT2D eigenvalue weighted by Crippen LogP contribution is -2.46. The summed E-state index contributed by atoms with van der Waals surface area (Å²) < 4.78 is 10.3. The predicted octanol–water partition coefficient (Wildman–Crippen LogP) is 2.47. The van der Waals surface area contributed by atoms with Gasteiger partial charge in [0.25, 0.3) is 0 Å². The summed E-state index contributed by atoms with van der Waals surface area (Å²) in [5.74, 6) is 1.40. The predicted molar refractivity (Wildman–Crippen MR) is 78.6 cm³/mol. The smallest absolute Gasteiger partial charge is 0.319 e. The molecule has 0 aromatic rings. The Morgan fingerprint density at radius 2 is 1.90 bits per heavy atom. The van der Waals surface area contributed by atoms with E-state index in [0.29, 0.717) is 12.6 Å². The minimum atomic E-state index is -0.111. The summed E-state index contributed by atoms with van der Waals surface area (Å²) in [5.41, 5.74) is 0. The standard InChI is InChI=1S/C16H29NO3/c1-13-5-3-4-6-14(13)11-17(12-16(18)19-2)15-7-9-20-10-8-15/h13-15H,3-12H2,1-2H3/t13-,14-/m0/s1. The van der Waals surface area contributed by atoms with Crippen molar-refractivity contribution in [3.05, 3.63) is 0 Å². The Morgan fingerprint density at radius 3 is 2.55 bits per heavy atom. The molecule has 2 atom stereocenters. The van der Waals surface area contributed by atoms with Crippen LogP contribution in [0.25, 0.3) is 0 Å². The fourth-order valence-electron chi connectivity index (χ4n) is 3.59. The molecule has 1 saturated carbocycles. The van der Waals surface area contributed by atoms with Crippen LogP contribution < -0.4 is 0 Å². The minimum absolute atomic E-state index is 0.111. The molecule has 4 heteroatoms. The van der Waals surface area contributed by atoms with Crippen LogP contribution in [0, 0.1) is 11.8 Å². The van der Waals surface area contributed by atoms with Crippen molar-refractivity contribution in [3.8, 4) is 0 Å². The van der Waals surface area contributed by atoms with E-state index in [2.05, 4.69) is 11.8 Å². The SMILES string of the molecule is COC(=O)CN(C[C@@H]1CCCC[C@@H]1C)C1CCOCC1. The Bertz CT molecular complexity index is 302. The van der Waals surface area contributed by atoms with E-state index < -0.39 is 0 Å². The normalized spacial score (nSPS) is 28.6. The van der Waals surface area contributed by atoms with E-state index in [1.807, 2.05) is 0 Å². The number of hydrogen-bond acceptors (Lipinski definition) is 4. The van der Waals surface area contributed by atoms with Crippen LogP contribution in [-0.2, 0) is 14.3 Å². The third-order valence-electron chi connectivity index (χ3n) is 5.03. The van der Waals surface area contributed by atoms with Crippen LogP contribution in [0.3, 0.4) is 0 Å². The quantitative estimate of drug-likeness (QED) is 0.727. The lowest BCUT2D eigenvalue weighted by molar-refractivity contribution is -0.143. The van der Waals surface area contributed by atoms with Gasteiger partial charge >= 0.3 is 5.97 Å². The van der Waals surface area contributed by atoms with E-state index >= 15 is 0 Å². The van der Waals surface area contributed by atoms with Crippen LogP contribution >= 0.6 is 0 Å². The maximum atomic E-state index is 11.7. The molecule has 0 unspecified atom stereocenters. The number of carbonyl (C=O) groups is 1. The molecule has 2 aliphatic rings. The second-order valence-corrected chi connectivity index (χ2v) is 6.37. The van der Waals surface area contributed by atoms with Crippen molar-refractivity contribution in [1.82, 2.24) is 4.90 Å². The summed E-state index contributed by atoms with van der Waals surface area (Å²) in [6.45, 7) is 5.49. The Labute approximate surface area is 122 Å². The highest BCUT2D eigenvalue weighted by Crippen LogP contribution is 2.31. The highest BCUT2D eigenvalue weighted by Gasteiger charge is 2.29. The Hall–Kier alpha value is -0.610. The van der Waals surface area contributed by atoms with E-state index in [4.69, 9.17) is 9.47 Å². The van der Waals surface area contributed by atoms with Crippen LogP contribution in [0.5, 0.6) is 0 Å². The van der Waals surface area contributed by atoms with Gasteiger partial charge in [-0.3, -0.25) is 9.69 Å². The molecule has 1 heterocycles. The molecule has 0 aromatic heterocycles. The molecular formula is C16H29NO3. The van der Waals surface area contributed by atoms with Gasteiger partial charge in [-0.05, 0) is 31.1 Å². The van der Waals surface area contributed by atoms with Crippen molar-refractivity contribution in [3.63, 3.8) is 0 Å². The molecule has 0 amide bonds. The van der Waals surface area contributed by atoms with Crippen molar-refractivity contribution in [1.29, 1.82) is 0 Å². The number of nitrogens with zero attached hydrogens (tertiary/aromatic N) is 1. The third kappa shape index (κ3) is 4.45. The van der Waals surface area contributed by atoms with Crippen molar-refractivity contribution >= 4 is 5.97 Å². The van der Waals surface area contributed by atoms with Crippen LogP contribution in [0.1, 0.15) is 45.4 Å². The highest BCUT2D eigenvalue weighted by molar-refractivity contribution is 5.71. The monoisotopic (exact) mass is 283 g/mol. The first-order valence-corrected chi connectivity index (χ1v) is 8.09. The van der Waals surface area contributed by atoms with Crippen molar-refractivity contribution in [2.24, 2.45) is 11.8 Å². The van der Waals surface area contributed by atoms with Crippen LogP contribution in [0.2, 0.25) is 0 Å². The first-order chi connectivity index (χ1) is 9.70. The summed E-state index contributed by atoms with van der Waals surface area (Å²) >= 11 is 0. The summed E-state index contributed by atoms with van der Waals surface area (Å²) in [6, 6.07) is 0.483. The minimum Gasteiger partial charge on any atom is -0.468 e. The van der Waals surface area contributed by atoms with Gasteiger partial charge in [-0.25, -0.2) is 0 Å². The number of esters is 1. The second kappa shape index (κ2) is 7.99. The summed E-state index contributed by atoms with van der Waals surface area (Å²) in [4.78, 5) is 14.1. The molecule has 2 fully saturated rings. The molecule has 2 rings (SSSR count). The molecule has 0 bridgehead atoms. The van der Waals surface area contributed by atoms with E-state index in [1.54, 1.807) is 0 Å². The topological polar surface area (TPSA) is 38.8 Å². The summed E-state index contributed by atoms with van der Waals surface area (Å²) in [5, 5.41) is 0. The van der Waals surface area contributed by atoms with Gasteiger partial charge in [0.2, 0.25) is 0 Å². The van der Waals surface area contributed by atoms with E-state index in [-0.39, 0.29) is 5.97 Å². The summed E-state index contributed by atoms with van der Waals surface area (Å²) in [6.07, 6.45) is 7.43. The zero-order valence-electron chi connectivity index (χ0n) is 13.0. The van der Waals surface area contributed by atoms with Crippen molar-refractivity contribution in [2.75, 3.05) is 33.4 Å². The first kappa shape index (κ1) is 15.8. The molecule has 116 valence electrons. The van der Waals surface area contributed by atoms with Gasteiger partial charge in [-0.2, -0.15) is 0 Å². The number of carbonyl (C=O) groups excluding carboxylic acids is 1. The van der Waals surface area contributed by atoms with Gasteiger partial charge in [0.05, 0.1) is 13.7 Å². The number of rotatable bonds is 5. The Morgan fingerprint density at radius 1 is 1.20 bits per heavy atom. The largest absolute Gasteiger partial charge is 0.468 e. The molecule has 4 nitrogen and oxygen atoms in total. The molecule has 0 aromatic carbocycles. The maximum Gasteiger partial charge on any atom is 0.319 e. The zero-order valence-corrected chi connectivity index (χ0v) is 13.0. The Balaban J connectivity index is 1.95. The third-order valence-corrected chi connectivity index (χ3v) is 5.03. The molecule has 1 aliphatic carbocycles. The molecule has 0 spiro atoms. The van der Waals surface area contributed by atoms with Crippen molar-refractivity contribution in [2.45, 2.75) is 51.5 Å². The number of ether oxygens (including phenoxy) is 2. The number of methoxy groups -OCH3 is 1. The lowest BCUT2D eigenvalue weighted by Gasteiger charge is -2.38. The number of hydrogen-bond donors (Lipinski definition) is 0. The average molecular weight is 283 g/mol. The Kier molecular flexibility index (Phi) is 6.30. The van der Waals surface area contributed by atoms with Crippen LogP contribution in [0.4, 0.5) is 0 Å². The van der Waals surface area contributed by atoms with Gasteiger partial charge in [-0.1, -0.05) is 26.2 Å². The van der Waals surface area contributed by atoms with Crippen LogP contribution in [-0.4, -0.2) is 50.3 Å². The second-order valence-electron chi connectivity index (χ2n) is 6.37. The zero-order chi connectivity index (χ0) is 14.4. The van der Waals surface area contributed by atoms with Gasteiger partial charge < -0.3 is 9.47 Å². The van der Waals surface area contributed by atoms with Gasteiger partial charge in [-0.15, -0.1) is 0 Å². The molecule has 0 N–H and O–H groups in total. The van der Waals surface area contributed by atoms with E-state index in [9.17, 15) is 4.79 Å². The molecule has 0 radical (unpaired) electrons. The fraction of sp³-hybridized carbons (Fsp3) is 0.938. The molecule has 1 aliphatic heterocycles. The van der Waals surface area contributed by atoms with Gasteiger partial charge in [0.15, 0.2) is 0 Å². The van der Waals surface area contributed by atoms with Gasteiger partial charge in [0, 0.05) is 25.8 Å². The maximum absolute atomic E-state index is 11.7. The molecule has 1 saturated heterocycles. The average Bonchev–Trinajstić information content (AvgIpc) is 2.49. The van der Waals surface area contributed by atoms with Crippen molar-refractivity contribution < 1.29 is 14.3 Å². The van der Waals surface area contributed by atoms with E-state index in [1.165, 1.54) is 32.8 Å². The lowest BCUT2D eigenvalue weighted by atomic mass is 9.80. The summed E-state index contributed by atoms with van der Waals surface area (Å²) in [7, 11) is 1.48. The fourth-order valence-corrected chi connectivity index (χ4v) is 3.59. The molecule has 20 heavy (non-hydrogen) atoms. The van der Waals surface area contributed by atoms with Crippen LogP contribution in [0.15, 0.2) is 0 Å². The van der Waals surface area contributed by atoms with E-state index in [0.717, 1.165) is 44.4 Å².